The largest absolute Gasteiger partial charge is 0.748 e. The standard InChI is InChI=1S/C15H17NO3S/c17-20(18,19)12-4-9-16-10-7-15(8-11-16)13-14-5-2-1-3-6-14/h1-3,5-8,10-11H,4,9,12-13H2. The minimum Gasteiger partial charge on any atom is -0.748 e. The highest BCUT2D eigenvalue weighted by Gasteiger charge is 2.03. The molecule has 0 saturated heterocycles. The Labute approximate surface area is 119 Å². The van der Waals surface area contributed by atoms with E-state index >= 15 is 0 Å². The molecular weight excluding hydrogens is 274 g/mol. The van der Waals surface area contributed by atoms with Crippen LogP contribution in [-0.2, 0) is 23.1 Å². The summed E-state index contributed by atoms with van der Waals surface area (Å²) >= 11 is 0. The summed E-state index contributed by atoms with van der Waals surface area (Å²) < 4.78 is 33.4. The van der Waals surface area contributed by atoms with Crippen molar-refractivity contribution >= 4 is 10.1 Å². The quantitative estimate of drug-likeness (QED) is 0.598. The SMILES string of the molecule is O=S(=O)([O-])CCC[n+]1ccc(Cc2ccccc2)cc1. The van der Waals surface area contributed by atoms with E-state index in [9.17, 15) is 13.0 Å². The third kappa shape index (κ3) is 5.11. The fraction of sp³-hybridized carbons (Fsp3) is 0.267. The molecule has 4 nitrogen and oxygen atoms in total. The van der Waals surface area contributed by atoms with Crippen LogP contribution in [0.15, 0.2) is 54.9 Å². The van der Waals surface area contributed by atoms with Gasteiger partial charge in [0.2, 0.25) is 0 Å². The van der Waals surface area contributed by atoms with E-state index in [1.54, 1.807) is 0 Å². The number of pyridine rings is 1. The zero-order valence-corrected chi connectivity index (χ0v) is 11.9. The van der Waals surface area contributed by atoms with Crippen molar-refractivity contribution in [2.24, 2.45) is 0 Å². The summed E-state index contributed by atoms with van der Waals surface area (Å²) in [6, 6.07) is 14.2. The van der Waals surface area contributed by atoms with Crippen LogP contribution >= 0.6 is 0 Å². The van der Waals surface area contributed by atoms with Crippen molar-refractivity contribution in [1.82, 2.24) is 0 Å². The molecule has 2 rings (SSSR count). The Hall–Kier alpha value is -1.72. The predicted molar refractivity (Wildman–Crippen MR) is 75.1 cm³/mol. The van der Waals surface area contributed by atoms with Gasteiger partial charge in [-0.3, -0.25) is 0 Å². The maximum absolute atomic E-state index is 10.5. The lowest BCUT2D eigenvalue weighted by molar-refractivity contribution is -0.696. The number of aryl methyl sites for hydroxylation is 1. The smallest absolute Gasteiger partial charge is 0.169 e. The summed E-state index contributed by atoms with van der Waals surface area (Å²) in [4.78, 5) is 0. The van der Waals surface area contributed by atoms with Crippen LogP contribution in [0.4, 0.5) is 0 Å². The van der Waals surface area contributed by atoms with E-state index in [0.717, 1.165) is 6.42 Å². The molecular formula is C15H17NO3S. The molecule has 0 saturated carbocycles. The summed E-state index contributed by atoms with van der Waals surface area (Å²) in [5.41, 5.74) is 2.45. The first-order valence-corrected chi connectivity index (χ1v) is 8.06. The van der Waals surface area contributed by atoms with Gasteiger partial charge in [0.1, 0.15) is 6.54 Å². The number of rotatable bonds is 6. The minimum atomic E-state index is -4.11. The first-order chi connectivity index (χ1) is 9.53. The van der Waals surface area contributed by atoms with E-state index in [-0.39, 0.29) is 5.75 Å². The molecule has 0 spiro atoms. The Kier molecular flexibility index (Phi) is 4.87. The van der Waals surface area contributed by atoms with Crippen molar-refractivity contribution in [1.29, 1.82) is 0 Å². The van der Waals surface area contributed by atoms with Crippen LogP contribution in [0, 0.1) is 0 Å². The van der Waals surface area contributed by atoms with Gasteiger partial charge in [0.15, 0.2) is 12.4 Å². The molecule has 0 unspecified atom stereocenters. The normalized spacial score (nSPS) is 11.4. The van der Waals surface area contributed by atoms with Gasteiger partial charge in [-0.2, -0.15) is 0 Å². The second-order valence-corrected chi connectivity index (χ2v) is 6.25. The van der Waals surface area contributed by atoms with Crippen LogP contribution < -0.4 is 4.57 Å². The van der Waals surface area contributed by atoms with Crippen molar-refractivity contribution < 1.29 is 17.5 Å². The molecule has 0 amide bonds. The Balaban J connectivity index is 1.90. The minimum absolute atomic E-state index is 0.314. The Morgan fingerprint density at radius 1 is 0.950 bits per heavy atom. The highest BCUT2D eigenvalue weighted by molar-refractivity contribution is 7.85. The fourth-order valence-electron chi connectivity index (χ4n) is 2.01. The molecule has 106 valence electrons. The third-order valence-electron chi connectivity index (χ3n) is 3.02. The van der Waals surface area contributed by atoms with Crippen molar-refractivity contribution in [2.75, 3.05) is 5.75 Å². The highest BCUT2D eigenvalue weighted by Crippen LogP contribution is 2.07. The van der Waals surface area contributed by atoms with Gasteiger partial charge in [-0.05, 0) is 17.5 Å². The number of aromatic nitrogens is 1. The van der Waals surface area contributed by atoms with Gasteiger partial charge in [-0.15, -0.1) is 0 Å². The first-order valence-electron chi connectivity index (χ1n) is 6.48. The summed E-state index contributed by atoms with van der Waals surface area (Å²) in [7, 11) is -4.11. The third-order valence-corrected chi connectivity index (χ3v) is 3.81. The lowest BCUT2D eigenvalue weighted by Gasteiger charge is -2.04. The highest BCUT2D eigenvalue weighted by atomic mass is 32.2. The summed E-state index contributed by atoms with van der Waals surface area (Å²) in [5, 5.41) is 0. The van der Waals surface area contributed by atoms with E-state index in [1.807, 2.05) is 47.3 Å². The average molecular weight is 291 g/mol. The second-order valence-electron chi connectivity index (χ2n) is 4.72. The summed E-state index contributed by atoms with van der Waals surface area (Å²) in [6.45, 7) is 0.535. The predicted octanol–water partition coefficient (Wildman–Crippen LogP) is 1.50. The van der Waals surface area contributed by atoms with E-state index < -0.39 is 10.1 Å². The van der Waals surface area contributed by atoms with Crippen LogP contribution in [0.3, 0.4) is 0 Å². The molecule has 0 aliphatic rings. The van der Waals surface area contributed by atoms with E-state index in [0.29, 0.717) is 13.0 Å². The number of benzene rings is 1. The van der Waals surface area contributed by atoms with Crippen molar-refractivity contribution in [3.05, 3.63) is 66.0 Å². The molecule has 1 aromatic heterocycles. The molecule has 0 aliphatic carbocycles. The number of hydrogen-bond donors (Lipinski definition) is 0. The van der Waals surface area contributed by atoms with Gasteiger partial charge in [-0.25, -0.2) is 13.0 Å². The van der Waals surface area contributed by atoms with Crippen molar-refractivity contribution in [3.8, 4) is 0 Å². The summed E-state index contributed by atoms with van der Waals surface area (Å²) in [5.74, 6) is -0.314. The van der Waals surface area contributed by atoms with Gasteiger partial charge in [0.05, 0.1) is 10.1 Å². The van der Waals surface area contributed by atoms with Gasteiger partial charge < -0.3 is 4.55 Å². The maximum atomic E-state index is 10.5. The molecule has 0 aliphatic heterocycles. The maximum Gasteiger partial charge on any atom is 0.169 e. The Bertz CT molecular complexity index is 637. The van der Waals surface area contributed by atoms with Gasteiger partial charge in [0, 0.05) is 24.3 Å². The topological polar surface area (TPSA) is 61.1 Å². The zero-order chi connectivity index (χ0) is 14.4. The van der Waals surface area contributed by atoms with Gasteiger partial charge in [0.25, 0.3) is 0 Å². The lowest BCUT2D eigenvalue weighted by atomic mass is 10.1. The second kappa shape index (κ2) is 6.63. The Morgan fingerprint density at radius 2 is 1.55 bits per heavy atom. The molecule has 2 aromatic rings. The van der Waals surface area contributed by atoms with E-state index in [1.165, 1.54) is 11.1 Å². The lowest BCUT2D eigenvalue weighted by Crippen LogP contribution is -2.33. The van der Waals surface area contributed by atoms with Crippen LogP contribution in [0.5, 0.6) is 0 Å². The molecule has 0 N–H and O–H groups in total. The monoisotopic (exact) mass is 291 g/mol. The van der Waals surface area contributed by atoms with E-state index in [4.69, 9.17) is 0 Å². The van der Waals surface area contributed by atoms with Gasteiger partial charge >= 0.3 is 0 Å². The summed E-state index contributed by atoms with van der Waals surface area (Å²) in [6.07, 6.45) is 5.04. The van der Waals surface area contributed by atoms with Gasteiger partial charge in [-0.1, -0.05) is 30.3 Å². The molecule has 0 fully saturated rings. The zero-order valence-electron chi connectivity index (χ0n) is 11.1. The average Bonchev–Trinajstić information content (AvgIpc) is 2.41. The van der Waals surface area contributed by atoms with Crippen LogP contribution in [-0.4, -0.2) is 18.7 Å². The van der Waals surface area contributed by atoms with Crippen LogP contribution in [0.1, 0.15) is 17.5 Å². The van der Waals surface area contributed by atoms with E-state index in [2.05, 4.69) is 12.1 Å². The Morgan fingerprint density at radius 3 is 2.15 bits per heavy atom. The van der Waals surface area contributed by atoms with Crippen LogP contribution in [0.2, 0.25) is 0 Å². The first kappa shape index (κ1) is 14.7. The molecule has 0 bridgehead atoms. The molecule has 0 radical (unpaired) electrons. The van der Waals surface area contributed by atoms with Crippen molar-refractivity contribution in [2.45, 2.75) is 19.4 Å². The number of hydrogen-bond acceptors (Lipinski definition) is 3. The molecule has 0 atom stereocenters. The number of nitrogens with zero attached hydrogens (tertiary/aromatic N) is 1. The molecule has 1 heterocycles. The van der Waals surface area contributed by atoms with Crippen molar-refractivity contribution in [3.63, 3.8) is 0 Å². The van der Waals surface area contributed by atoms with Crippen LogP contribution in [0.25, 0.3) is 0 Å². The molecule has 1 aromatic carbocycles. The molecule has 5 heteroatoms. The fourth-order valence-corrected chi connectivity index (χ4v) is 2.49. The molecule has 20 heavy (non-hydrogen) atoms.